The van der Waals surface area contributed by atoms with E-state index in [0.717, 1.165) is 22.5 Å². The predicted octanol–water partition coefficient (Wildman–Crippen LogP) is 16.1. The van der Waals surface area contributed by atoms with Crippen LogP contribution in [0.5, 0.6) is 0 Å². The van der Waals surface area contributed by atoms with Crippen LogP contribution in [0.15, 0.2) is 130 Å². The fourth-order valence-corrected chi connectivity index (χ4v) is 6.18. The second-order valence-electron chi connectivity index (χ2n) is 22.1. The number of carbonyl (C=O) groups excluding carboxylic acids is 2. The average molecular weight is 1100 g/mol. The van der Waals surface area contributed by atoms with Gasteiger partial charge in [-0.2, -0.15) is 20.5 Å². The summed E-state index contributed by atoms with van der Waals surface area (Å²) in [6.07, 6.45) is -2.40. The number of allylic oxidation sites excluding steroid dienone is 2. The number of aliphatic hydroxyl groups excluding tert-OH is 2. The zero-order valence-electron chi connectivity index (χ0n) is 50.3. The molecule has 4 aromatic rings. The Morgan fingerprint density at radius 3 is 1.22 bits per heavy atom. The number of nitrogens with zero attached hydrogens (tertiary/aromatic N) is 4. The Morgan fingerprint density at radius 2 is 0.823 bits per heavy atom. The average Bonchev–Trinajstić information content (AvgIpc) is 3.33. The van der Waals surface area contributed by atoms with Crippen molar-refractivity contribution in [1.29, 1.82) is 0 Å². The van der Waals surface area contributed by atoms with Gasteiger partial charge < -0.3 is 49.3 Å². The Labute approximate surface area is 471 Å². The van der Waals surface area contributed by atoms with Crippen molar-refractivity contribution in [2.45, 2.75) is 153 Å². The highest BCUT2D eigenvalue weighted by molar-refractivity contribution is 5.85. The monoisotopic (exact) mass is 1100 g/mol. The molecule has 4 rings (SSSR count). The van der Waals surface area contributed by atoms with E-state index in [0.29, 0.717) is 67.2 Å². The van der Waals surface area contributed by atoms with E-state index in [9.17, 15) is 19.8 Å². The third kappa shape index (κ3) is 36.3. The molecule has 0 saturated carbocycles. The van der Waals surface area contributed by atoms with Gasteiger partial charge in [-0.3, -0.25) is 10.6 Å². The standard InChI is InChI=1S/C29H44N4O6.C24H34N4O4.2C4H8/c1-21(34)30-26-13-12-24(20-25(26)28(2,3)4)33-32-23-10-8-22(9-11-23)31-27(35)38-18-16-36-14-15-37-17-19-39-29(5,6)7;1-16(2)21-15-20(11-12-22(21)25-17(3)29)28-27-19-9-7-18(8-10-19)26-23(30)31-13-14-32-24(4,5)6;2*1-4(2)3/h8-13,20-21,30,34H,14-19H2,1-7H3,(H,31,35);7-12,15-17,25,29H,13-14H2,1-6H3,(H,26,30);2*1H2,2-3H3. The van der Waals surface area contributed by atoms with Crippen LogP contribution in [0.1, 0.15) is 135 Å². The molecule has 0 heterocycles. The highest BCUT2D eigenvalue weighted by Gasteiger charge is 2.20. The van der Waals surface area contributed by atoms with Crippen molar-refractivity contribution in [3.63, 3.8) is 0 Å². The maximum Gasteiger partial charge on any atom is 0.411 e. The second kappa shape index (κ2) is 36.6. The summed E-state index contributed by atoms with van der Waals surface area (Å²) >= 11 is 0. The minimum absolute atomic E-state index is 0.132. The van der Waals surface area contributed by atoms with Gasteiger partial charge in [0.2, 0.25) is 0 Å². The van der Waals surface area contributed by atoms with Crippen molar-refractivity contribution in [2.24, 2.45) is 20.5 Å². The predicted molar refractivity (Wildman–Crippen MR) is 321 cm³/mol. The Morgan fingerprint density at radius 1 is 0.494 bits per heavy atom. The lowest BCUT2D eigenvalue weighted by Crippen LogP contribution is -2.23. The normalized spacial score (nSPS) is 12.2. The van der Waals surface area contributed by atoms with Crippen LogP contribution in [0.4, 0.5) is 55.1 Å². The largest absolute Gasteiger partial charge is 0.447 e. The number of ether oxygens (including phenoxy) is 6. The summed E-state index contributed by atoms with van der Waals surface area (Å²) < 4.78 is 32.1. The first-order valence-corrected chi connectivity index (χ1v) is 26.6. The quantitative estimate of drug-likeness (QED) is 0.0176. The van der Waals surface area contributed by atoms with Gasteiger partial charge in [0.25, 0.3) is 0 Å². The van der Waals surface area contributed by atoms with E-state index in [2.05, 4.69) is 89.5 Å². The third-order valence-electron chi connectivity index (χ3n) is 9.43. The molecule has 2 atom stereocenters. The number of rotatable bonds is 23. The van der Waals surface area contributed by atoms with Gasteiger partial charge in [-0.05, 0) is 190 Å². The number of azo groups is 2. The van der Waals surface area contributed by atoms with Crippen molar-refractivity contribution in [3.8, 4) is 0 Å². The summed E-state index contributed by atoms with van der Waals surface area (Å²) in [7, 11) is 0. The van der Waals surface area contributed by atoms with E-state index in [4.69, 9.17) is 28.4 Å². The number of aliphatic hydroxyl groups is 2. The molecule has 0 spiro atoms. The van der Waals surface area contributed by atoms with Gasteiger partial charge >= 0.3 is 12.2 Å². The number of carbonyl (C=O) groups is 2. The lowest BCUT2D eigenvalue weighted by Gasteiger charge is -2.24. The molecule has 4 aromatic carbocycles. The van der Waals surface area contributed by atoms with E-state index in [1.165, 1.54) is 11.1 Å². The van der Waals surface area contributed by atoms with Crippen LogP contribution in [0.3, 0.4) is 0 Å². The molecule has 0 radical (unpaired) electrons. The molecule has 0 bridgehead atoms. The summed E-state index contributed by atoms with van der Waals surface area (Å²) in [5.41, 5.74) is 9.44. The Hall–Kier alpha value is -6.54. The van der Waals surface area contributed by atoms with Crippen LogP contribution in [-0.2, 0) is 33.8 Å². The summed E-state index contributed by atoms with van der Waals surface area (Å²) in [5.74, 6) is 0.261. The third-order valence-corrected chi connectivity index (χ3v) is 9.43. The number of amides is 2. The summed E-state index contributed by atoms with van der Waals surface area (Å²) in [4.78, 5) is 23.9. The van der Waals surface area contributed by atoms with Gasteiger partial charge in [-0.1, -0.05) is 45.8 Å². The summed E-state index contributed by atoms with van der Waals surface area (Å²) in [6.45, 7) is 43.5. The molecule has 79 heavy (non-hydrogen) atoms. The van der Waals surface area contributed by atoms with E-state index in [1.807, 2.05) is 106 Å². The van der Waals surface area contributed by atoms with Gasteiger partial charge in [0.1, 0.15) is 25.7 Å². The molecule has 6 N–H and O–H groups in total. The number of hydrogen-bond donors (Lipinski definition) is 6. The summed E-state index contributed by atoms with van der Waals surface area (Å²) in [6, 6.07) is 25.3. The van der Waals surface area contributed by atoms with Gasteiger partial charge in [0.05, 0.1) is 73.6 Å². The zero-order valence-corrected chi connectivity index (χ0v) is 50.3. The lowest BCUT2D eigenvalue weighted by atomic mass is 9.85. The highest BCUT2D eigenvalue weighted by Crippen LogP contribution is 2.34. The molecule has 0 aliphatic heterocycles. The van der Waals surface area contributed by atoms with Crippen molar-refractivity contribution >= 4 is 57.7 Å². The maximum absolute atomic E-state index is 12.0. The van der Waals surface area contributed by atoms with Crippen LogP contribution >= 0.6 is 0 Å². The molecule has 0 fully saturated rings. The van der Waals surface area contributed by atoms with Crippen LogP contribution in [0.2, 0.25) is 0 Å². The summed E-state index contributed by atoms with van der Waals surface area (Å²) in [5, 5.41) is 48.0. The molecular formula is C61H94N8O10. The lowest BCUT2D eigenvalue weighted by molar-refractivity contribution is -0.0437. The molecule has 18 heteroatoms. The van der Waals surface area contributed by atoms with E-state index >= 15 is 0 Å². The number of anilines is 4. The number of nitrogens with one attached hydrogen (secondary N) is 4. The van der Waals surface area contributed by atoms with E-state index < -0.39 is 24.6 Å². The fourth-order valence-electron chi connectivity index (χ4n) is 6.18. The molecule has 438 valence electrons. The van der Waals surface area contributed by atoms with Crippen molar-refractivity contribution in [1.82, 2.24) is 0 Å². The Balaban J connectivity index is 0.000000704. The van der Waals surface area contributed by atoms with Gasteiger partial charge in [0.15, 0.2) is 0 Å². The van der Waals surface area contributed by atoms with Crippen molar-refractivity contribution in [2.75, 3.05) is 74.1 Å². The van der Waals surface area contributed by atoms with E-state index in [1.54, 1.807) is 62.4 Å². The molecule has 0 saturated heterocycles. The van der Waals surface area contributed by atoms with Gasteiger partial charge in [0, 0.05) is 22.7 Å². The Bertz CT molecular complexity index is 2450. The smallest absolute Gasteiger partial charge is 0.411 e. The maximum atomic E-state index is 12.0. The molecular weight excluding hydrogens is 1000 g/mol. The number of hydrogen-bond acceptors (Lipinski definition) is 16. The molecule has 2 amide bonds. The molecule has 0 aliphatic carbocycles. The van der Waals surface area contributed by atoms with Crippen LogP contribution < -0.4 is 21.3 Å². The van der Waals surface area contributed by atoms with Crippen LogP contribution in [-0.4, -0.2) is 98.9 Å². The fraction of sp³-hybridized carbons (Fsp3) is 0.508. The first-order chi connectivity index (χ1) is 36.8. The number of benzene rings is 4. The SMILES string of the molecule is C=C(C)C.C=C(C)C.CC(O)Nc1ccc(N=Nc2ccc(NC(=O)OCCOC(C)(C)C)cc2)cc1C(C)C.CC(O)Nc1ccc(N=Nc2ccc(NC(=O)OCCOCCOCCOC(C)(C)C)cc2)cc1C(C)(C)C. The Kier molecular flexibility index (Phi) is 32.6. The zero-order chi connectivity index (χ0) is 59.8. The van der Waals surface area contributed by atoms with Gasteiger partial charge in [-0.15, -0.1) is 13.2 Å². The molecule has 18 nitrogen and oxygen atoms in total. The van der Waals surface area contributed by atoms with Crippen LogP contribution in [0.25, 0.3) is 0 Å². The highest BCUT2D eigenvalue weighted by atomic mass is 16.6. The minimum atomic E-state index is -0.661. The van der Waals surface area contributed by atoms with Gasteiger partial charge in [-0.25, -0.2) is 9.59 Å². The molecule has 0 aromatic heterocycles. The molecule has 0 aliphatic rings. The first kappa shape index (κ1) is 70.5. The van der Waals surface area contributed by atoms with Crippen molar-refractivity contribution in [3.05, 3.63) is 120 Å². The topological polar surface area (TPSA) is 228 Å². The minimum Gasteiger partial charge on any atom is -0.447 e. The van der Waals surface area contributed by atoms with Crippen molar-refractivity contribution < 1.29 is 48.2 Å². The first-order valence-electron chi connectivity index (χ1n) is 26.6. The van der Waals surface area contributed by atoms with Crippen LogP contribution in [0, 0.1) is 0 Å². The molecule has 2 unspecified atom stereocenters. The van der Waals surface area contributed by atoms with E-state index in [-0.39, 0.29) is 42.4 Å². The second-order valence-corrected chi connectivity index (χ2v) is 22.1.